The van der Waals surface area contributed by atoms with Gasteiger partial charge in [-0.05, 0) is 12.1 Å². The Morgan fingerprint density at radius 1 is 1.32 bits per heavy atom. The fraction of sp³-hybridized carbons (Fsp3) is 0.188. The molecule has 0 atom stereocenters. The van der Waals surface area contributed by atoms with E-state index in [4.69, 9.17) is 14.0 Å². The van der Waals surface area contributed by atoms with Crippen LogP contribution in [0.2, 0.25) is 0 Å². The molecule has 2 aromatic heterocycles. The maximum Gasteiger partial charge on any atom is 0.345 e. The smallest absolute Gasteiger partial charge is 0.345 e. The molecule has 0 radical (unpaired) electrons. The van der Waals surface area contributed by atoms with E-state index in [1.807, 2.05) is 0 Å². The normalized spacial score (nSPS) is 10.7. The lowest BCUT2D eigenvalue weighted by molar-refractivity contribution is 0.0460. The second kappa shape index (κ2) is 6.71. The van der Waals surface area contributed by atoms with Crippen LogP contribution in [0, 0.1) is 11.6 Å². The monoisotopic (exact) mass is 349 g/mol. The Morgan fingerprint density at radius 2 is 2.12 bits per heavy atom. The van der Waals surface area contributed by atoms with Gasteiger partial charge in [-0.3, -0.25) is 4.68 Å². The van der Waals surface area contributed by atoms with Gasteiger partial charge in [-0.25, -0.2) is 13.6 Å². The minimum atomic E-state index is -0.778. The third-order valence-corrected chi connectivity index (χ3v) is 3.31. The molecule has 0 N–H and O–H groups in total. The number of methoxy groups -OCH3 is 1. The zero-order chi connectivity index (χ0) is 18.0. The van der Waals surface area contributed by atoms with Gasteiger partial charge in [-0.15, -0.1) is 5.10 Å². The molecule has 0 fully saturated rings. The zero-order valence-electron chi connectivity index (χ0n) is 13.3. The maximum absolute atomic E-state index is 13.7. The van der Waals surface area contributed by atoms with Crippen LogP contribution < -0.4 is 4.74 Å². The van der Waals surface area contributed by atoms with Crippen LogP contribution in [-0.4, -0.2) is 28.0 Å². The molecule has 0 amide bonds. The first kappa shape index (κ1) is 16.6. The maximum atomic E-state index is 13.7. The molecule has 3 aromatic rings. The van der Waals surface area contributed by atoms with Crippen LogP contribution in [0.5, 0.6) is 5.88 Å². The first-order valence-electron chi connectivity index (χ1n) is 7.13. The highest BCUT2D eigenvalue weighted by Crippen LogP contribution is 2.24. The van der Waals surface area contributed by atoms with Crippen molar-refractivity contribution in [2.45, 2.75) is 6.61 Å². The number of halogens is 2. The Bertz CT molecular complexity index is 920. The molecule has 7 nitrogen and oxygen atoms in total. The highest BCUT2D eigenvalue weighted by molar-refractivity contribution is 5.91. The third-order valence-electron chi connectivity index (χ3n) is 3.31. The van der Waals surface area contributed by atoms with Gasteiger partial charge in [-0.1, -0.05) is 5.16 Å². The van der Waals surface area contributed by atoms with Crippen molar-refractivity contribution in [1.82, 2.24) is 14.9 Å². The molecule has 130 valence electrons. The molecule has 0 saturated heterocycles. The summed E-state index contributed by atoms with van der Waals surface area (Å²) in [7, 11) is 3.03. The van der Waals surface area contributed by atoms with Crippen LogP contribution in [-0.2, 0) is 18.4 Å². The van der Waals surface area contributed by atoms with Crippen molar-refractivity contribution in [1.29, 1.82) is 0 Å². The molecule has 0 aliphatic carbocycles. The van der Waals surface area contributed by atoms with Crippen molar-refractivity contribution < 1.29 is 27.6 Å². The lowest BCUT2D eigenvalue weighted by Gasteiger charge is -2.01. The Morgan fingerprint density at radius 3 is 2.84 bits per heavy atom. The van der Waals surface area contributed by atoms with Gasteiger partial charge in [0, 0.05) is 25.4 Å². The van der Waals surface area contributed by atoms with Crippen molar-refractivity contribution >= 4 is 5.97 Å². The minimum absolute atomic E-state index is 0.0559. The molecule has 0 saturated carbocycles. The molecule has 3 rings (SSSR count). The summed E-state index contributed by atoms with van der Waals surface area (Å²) in [6.07, 6.45) is 1.46. The highest BCUT2D eigenvalue weighted by atomic mass is 19.1. The molecule has 0 unspecified atom stereocenters. The largest absolute Gasteiger partial charge is 0.479 e. The van der Waals surface area contributed by atoms with Crippen LogP contribution in [0.3, 0.4) is 0 Å². The Balaban J connectivity index is 1.70. The quantitative estimate of drug-likeness (QED) is 0.659. The fourth-order valence-electron chi connectivity index (χ4n) is 2.17. The average molecular weight is 349 g/mol. The van der Waals surface area contributed by atoms with Gasteiger partial charge in [0.05, 0.1) is 12.7 Å². The SMILES string of the molecule is COc1nn(C)cc1C(=O)OCc1cc(-c2ccc(F)cc2F)on1. The summed E-state index contributed by atoms with van der Waals surface area (Å²) >= 11 is 0. The highest BCUT2D eigenvalue weighted by Gasteiger charge is 2.19. The van der Waals surface area contributed by atoms with E-state index in [0.29, 0.717) is 0 Å². The summed E-state index contributed by atoms with van der Waals surface area (Å²) in [6.45, 7) is -0.191. The first-order chi connectivity index (χ1) is 12.0. The number of aromatic nitrogens is 3. The Kier molecular flexibility index (Phi) is 4.46. The lowest BCUT2D eigenvalue weighted by atomic mass is 10.1. The van der Waals surface area contributed by atoms with E-state index in [-0.39, 0.29) is 35.1 Å². The predicted octanol–water partition coefficient (Wildman–Crippen LogP) is 2.72. The Hall–Kier alpha value is -3.23. The second-order valence-electron chi connectivity index (χ2n) is 5.11. The third kappa shape index (κ3) is 3.49. The second-order valence-corrected chi connectivity index (χ2v) is 5.11. The number of hydrogen-bond acceptors (Lipinski definition) is 6. The number of aryl methyl sites for hydroxylation is 1. The number of nitrogens with zero attached hydrogens (tertiary/aromatic N) is 3. The van der Waals surface area contributed by atoms with Gasteiger partial charge in [0.1, 0.15) is 29.5 Å². The number of benzene rings is 1. The van der Waals surface area contributed by atoms with E-state index >= 15 is 0 Å². The number of ether oxygens (including phenoxy) is 2. The lowest BCUT2D eigenvalue weighted by Crippen LogP contribution is -2.06. The molecular weight excluding hydrogens is 336 g/mol. The van der Waals surface area contributed by atoms with E-state index in [1.165, 1.54) is 30.1 Å². The first-order valence-corrected chi connectivity index (χ1v) is 7.13. The average Bonchev–Trinajstić information content (AvgIpc) is 3.19. The fourth-order valence-corrected chi connectivity index (χ4v) is 2.17. The zero-order valence-corrected chi connectivity index (χ0v) is 13.3. The summed E-state index contributed by atoms with van der Waals surface area (Å²) in [5.74, 6) is -1.88. The van der Waals surface area contributed by atoms with Crippen LogP contribution in [0.1, 0.15) is 16.1 Å². The van der Waals surface area contributed by atoms with E-state index in [1.54, 1.807) is 7.05 Å². The molecule has 1 aromatic carbocycles. The van der Waals surface area contributed by atoms with Crippen molar-refractivity contribution in [2.24, 2.45) is 7.05 Å². The summed E-state index contributed by atoms with van der Waals surface area (Å²) in [5, 5.41) is 7.66. The van der Waals surface area contributed by atoms with Crippen molar-refractivity contribution in [2.75, 3.05) is 7.11 Å². The van der Waals surface area contributed by atoms with Crippen LogP contribution >= 0.6 is 0 Å². The van der Waals surface area contributed by atoms with Gasteiger partial charge in [0.2, 0.25) is 5.88 Å². The van der Waals surface area contributed by atoms with Crippen LogP contribution in [0.15, 0.2) is 35.0 Å². The predicted molar refractivity (Wildman–Crippen MR) is 80.7 cm³/mol. The van der Waals surface area contributed by atoms with Gasteiger partial charge < -0.3 is 14.0 Å². The van der Waals surface area contributed by atoms with Gasteiger partial charge in [0.15, 0.2) is 5.76 Å². The summed E-state index contributed by atoms with van der Waals surface area (Å²) in [6, 6.07) is 4.49. The topological polar surface area (TPSA) is 79.4 Å². The number of rotatable bonds is 5. The van der Waals surface area contributed by atoms with Crippen LogP contribution in [0.4, 0.5) is 8.78 Å². The molecule has 0 aliphatic heterocycles. The molecule has 2 heterocycles. The molecule has 0 bridgehead atoms. The molecule has 25 heavy (non-hydrogen) atoms. The number of hydrogen-bond donors (Lipinski definition) is 0. The molecule has 0 spiro atoms. The number of esters is 1. The molecule has 9 heteroatoms. The molecule has 0 aliphatic rings. The van der Waals surface area contributed by atoms with Crippen molar-refractivity contribution in [3.8, 4) is 17.2 Å². The standard InChI is InChI=1S/C16H13F2N3O4/c1-21-7-12(15(19-21)23-2)16(22)24-8-10-6-14(25-20-10)11-4-3-9(17)5-13(11)18/h3-7H,8H2,1-2H3. The summed E-state index contributed by atoms with van der Waals surface area (Å²) < 4.78 is 43.2. The van der Waals surface area contributed by atoms with Crippen LogP contribution in [0.25, 0.3) is 11.3 Å². The van der Waals surface area contributed by atoms with E-state index in [2.05, 4.69) is 10.3 Å². The molecular formula is C16H13F2N3O4. The summed E-state index contributed by atoms with van der Waals surface area (Å²) in [5.41, 5.74) is 0.494. The van der Waals surface area contributed by atoms with E-state index in [9.17, 15) is 13.6 Å². The Labute approximate surface area is 140 Å². The van der Waals surface area contributed by atoms with E-state index in [0.717, 1.165) is 12.1 Å². The van der Waals surface area contributed by atoms with Crippen molar-refractivity contribution in [3.05, 3.63) is 53.4 Å². The van der Waals surface area contributed by atoms with Gasteiger partial charge in [-0.2, -0.15) is 0 Å². The van der Waals surface area contributed by atoms with Gasteiger partial charge in [0.25, 0.3) is 0 Å². The van der Waals surface area contributed by atoms with E-state index < -0.39 is 17.6 Å². The summed E-state index contributed by atoms with van der Waals surface area (Å²) in [4.78, 5) is 12.1. The number of carbonyl (C=O) groups is 1. The minimum Gasteiger partial charge on any atom is -0.479 e. The van der Waals surface area contributed by atoms with Crippen molar-refractivity contribution in [3.63, 3.8) is 0 Å². The number of carbonyl (C=O) groups excluding carboxylic acids is 1. The van der Waals surface area contributed by atoms with Gasteiger partial charge >= 0.3 is 5.97 Å².